The first-order chi connectivity index (χ1) is 16.1. The van der Waals surface area contributed by atoms with E-state index in [1.807, 2.05) is 79.3 Å². The van der Waals surface area contributed by atoms with Gasteiger partial charge in [-0.25, -0.2) is 9.50 Å². The van der Waals surface area contributed by atoms with Crippen molar-refractivity contribution in [1.29, 1.82) is 0 Å². The van der Waals surface area contributed by atoms with Gasteiger partial charge in [-0.05, 0) is 25.5 Å². The molecule has 0 aliphatic heterocycles. The summed E-state index contributed by atoms with van der Waals surface area (Å²) in [5.74, 6) is -0.211. The van der Waals surface area contributed by atoms with E-state index in [9.17, 15) is 4.79 Å². The van der Waals surface area contributed by atoms with E-state index in [1.54, 1.807) is 10.7 Å². The van der Waals surface area contributed by atoms with Crippen molar-refractivity contribution in [1.82, 2.24) is 29.7 Å². The van der Waals surface area contributed by atoms with Gasteiger partial charge in [-0.1, -0.05) is 60.7 Å². The zero-order chi connectivity index (χ0) is 22.8. The van der Waals surface area contributed by atoms with Crippen LogP contribution in [0.3, 0.4) is 0 Å². The van der Waals surface area contributed by atoms with Crippen LogP contribution in [0.25, 0.3) is 16.9 Å². The summed E-state index contributed by atoms with van der Waals surface area (Å²) in [5.41, 5.74) is 6.79. The highest BCUT2D eigenvalue weighted by Crippen LogP contribution is 2.23. The average molecular weight is 437 g/mol. The third-order valence-electron chi connectivity index (χ3n) is 5.53. The van der Waals surface area contributed by atoms with Crippen LogP contribution < -0.4 is 5.32 Å². The second-order valence-corrected chi connectivity index (χ2v) is 8.07. The number of nitrogens with zero attached hydrogens (tertiary/aromatic N) is 5. The fourth-order valence-corrected chi connectivity index (χ4v) is 3.98. The summed E-state index contributed by atoms with van der Waals surface area (Å²) >= 11 is 0. The van der Waals surface area contributed by atoms with E-state index in [-0.39, 0.29) is 5.91 Å². The molecule has 0 aliphatic rings. The van der Waals surface area contributed by atoms with Crippen LogP contribution in [0.15, 0.2) is 79.1 Å². The van der Waals surface area contributed by atoms with Gasteiger partial charge in [-0.3, -0.25) is 9.48 Å². The van der Waals surface area contributed by atoms with Gasteiger partial charge in [0.1, 0.15) is 5.56 Å². The molecule has 7 heteroatoms. The Morgan fingerprint density at radius 1 is 1.00 bits per heavy atom. The molecule has 0 unspecified atom stereocenters. The number of hydrogen-bond acceptors (Lipinski definition) is 4. The van der Waals surface area contributed by atoms with Gasteiger partial charge in [0.15, 0.2) is 5.65 Å². The van der Waals surface area contributed by atoms with Crippen molar-refractivity contribution >= 4 is 11.6 Å². The van der Waals surface area contributed by atoms with Crippen LogP contribution in [0, 0.1) is 13.8 Å². The molecule has 0 saturated heterocycles. The maximum absolute atomic E-state index is 13.0. The molecule has 0 fully saturated rings. The number of fused-ring (bicyclic) bond motifs is 1. The molecule has 5 aromatic rings. The van der Waals surface area contributed by atoms with E-state index >= 15 is 0 Å². The molecule has 3 heterocycles. The number of nitrogens with one attached hydrogen (secondary N) is 1. The number of aryl methyl sites for hydroxylation is 2. The topological polar surface area (TPSA) is 77.1 Å². The standard InChI is InChI=1S/C26H24N6O/c1-18-13-19(2)32-25(29-18)23(15-28-32)26(33)27-14-22-17-31(16-20-9-5-3-6-10-20)30-24(22)21-11-7-4-8-12-21/h3-13,15,17H,14,16H2,1-2H3,(H,27,33). The summed E-state index contributed by atoms with van der Waals surface area (Å²) in [7, 11) is 0. The first-order valence-corrected chi connectivity index (χ1v) is 10.8. The summed E-state index contributed by atoms with van der Waals surface area (Å²) in [6.07, 6.45) is 3.57. The van der Waals surface area contributed by atoms with E-state index in [0.717, 1.165) is 28.2 Å². The van der Waals surface area contributed by atoms with Crippen LogP contribution in [0.2, 0.25) is 0 Å². The first kappa shape index (κ1) is 20.6. The van der Waals surface area contributed by atoms with Crippen LogP contribution in [-0.2, 0) is 13.1 Å². The zero-order valence-electron chi connectivity index (χ0n) is 18.6. The van der Waals surface area contributed by atoms with Crippen molar-refractivity contribution in [2.45, 2.75) is 26.9 Å². The molecule has 3 aromatic heterocycles. The minimum absolute atomic E-state index is 0.211. The maximum atomic E-state index is 13.0. The fourth-order valence-electron chi connectivity index (χ4n) is 3.98. The van der Waals surface area contributed by atoms with Gasteiger partial charge in [0.25, 0.3) is 5.91 Å². The molecular weight excluding hydrogens is 412 g/mol. The van der Waals surface area contributed by atoms with E-state index < -0.39 is 0 Å². The monoisotopic (exact) mass is 436 g/mol. The Bertz CT molecular complexity index is 1420. The van der Waals surface area contributed by atoms with Gasteiger partial charge >= 0.3 is 0 Å². The number of aromatic nitrogens is 5. The lowest BCUT2D eigenvalue weighted by atomic mass is 10.1. The lowest BCUT2D eigenvalue weighted by Gasteiger charge is -2.06. The molecule has 1 amide bonds. The Hall–Kier alpha value is -4.26. The van der Waals surface area contributed by atoms with Crippen molar-refractivity contribution in [3.8, 4) is 11.3 Å². The van der Waals surface area contributed by atoms with Crippen molar-refractivity contribution in [2.75, 3.05) is 0 Å². The Morgan fingerprint density at radius 3 is 2.48 bits per heavy atom. The summed E-state index contributed by atoms with van der Waals surface area (Å²) in [6.45, 7) is 4.86. The molecule has 1 N–H and O–H groups in total. The quantitative estimate of drug-likeness (QED) is 0.433. The summed E-state index contributed by atoms with van der Waals surface area (Å²) < 4.78 is 3.61. The summed E-state index contributed by atoms with van der Waals surface area (Å²) in [5, 5.41) is 12.2. The minimum Gasteiger partial charge on any atom is -0.348 e. The molecule has 33 heavy (non-hydrogen) atoms. The number of carbonyl (C=O) groups is 1. The summed E-state index contributed by atoms with van der Waals surface area (Å²) in [4.78, 5) is 17.5. The molecule has 0 aliphatic carbocycles. The van der Waals surface area contributed by atoms with E-state index in [2.05, 4.69) is 27.5 Å². The smallest absolute Gasteiger partial charge is 0.257 e. The van der Waals surface area contributed by atoms with Gasteiger partial charge in [0, 0.05) is 35.3 Å². The predicted octanol–water partition coefficient (Wildman–Crippen LogP) is 4.19. The molecular formula is C26H24N6O. The van der Waals surface area contributed by atoms with Crippen molar-refractivity contribution < 1.29 is 4.79 Å². The molecule has 0 atom stereocenters. The van der Waals surface area contributed by atoms with Gasteiger partial charge < -0.3 is 5.32 Å². The summed E-state index contributed by atoms with van der Waals surface area (Å²) in [6, 6.07) is 22.2. The zero-order valence-corrected chi connectivity index (χ0v) is 18.6. The number of rotatable bonds is 6. The minimum atomic E-state index is -0.211. The number of amides is 1. The molecule has 0 spiro atoms. The van der Waals surface area contributed by atoms with Crippen LogP contribution in [0.4, 0.5) is 0 Å². The third kappa shape index (κ3) is 4.25. The molecule has 7 nitrogen and oxygen atoms in total. The normalized spacial score (nSPS) is 11.1. The lowest BCUT2D eigenvalue weighted by molar-refractivity contribution is 0.0952. The average Bonchev–Trinajstić information content (AvgIpc) is 3.43. The number of hydrogen-bond donors (Lipinski definition) is 1. The van der Waals surface area contributed by atoms with Gasteiger partial charge in [0.05, 0.1) is 18.4 Å². The highest BCUT2D eigenvalue weighted by Gasteiger charge is 2.17. The Morgan fingerprint density at radius 2 is 1.73 bits per heavy atom. The first-order valence-electron chi connectivity index (χ1n) is 10.8. The van der Waals surface area contributed by atoms with Crippen LogP contribution in [-0.4, -0.2) is 30.3 Å². The predicted molar refractivity (Wildman–Crippen MR) is 127 cm³/mol. The second kappa shape index (κ2) is 8.70. The van der Waals surface area contributed by atoms with Gasteiger partial charge in [-0.2, -0.15) is 10.2 Å². The lowest BCUT2D eigenvalue weighted by Crippen LogP contribution is -2.23. The molecule has 164 valence electrons. The molecule has 0 bridgehead atoms. The fraction of sp³-hybridized carbons (Fsp3) is 0.154. The SMILES string of the molecule is Cc1cc(C)n2ncc(C(=O)NCc3cn(Cc4ccccc4)nc3-c3ccccc3)c2n1. The highest BCUT2D eigenvalue weighted by molar-refractivity contribution is 5.99. The number of benzene rings is 2. The molecule has 5 rings (SSSR count). The van der Waals surface area contributed by atoms with E-state index in [0.29, 0.717) is 24.3 Å². The van der Waals surface area contributed by atoms with Crippen molar-refractivity contribution in [3.05, 3.63) is 107 Å². The number of carbonyl (C=O) groups excluding carboxylic acids is 1. The van der Waals surface area contributed by atoms with Crippen LogP contribution >= 0.6 is 0 Å². The third-order valence-corrected chi connectivity index (χ3v) is 5.53. The van der Waals surface area contributed by atoms with Gasteiger partial charge in [0.2, 0.25) is 0 Å². The maximum Gasteiger partial charge on any atom is 0.257 e. The van der Waals surface area contributed by atoms with Crippen molar-refractivity contribution in [2.24, 2.45) is 0 Å². The molecule has 0 radical (unpaired) electrons. The Balaban J connectivity index is 1.42. The Kier molecular flexibility index (Phi) is 5.44. The van der Waals surface area contributed by atoms with Crippen LogP contribution in [0.1, 0.15) is 32.9 Å². The van der Waals surface area contributed by atoms with Crippen molar-refractivity contribution in [3.63, 3.8) is 0 Å². The largest absolute Gasteiger partial charge is 0.348 e. The van der Waals surface area contributed by atoms with Gasteiger partial charge in [-0.15, -0.1) is 0 Å². The molecule has 2 aromatic carbocycles. The molecule has 0 saturated carbocycles. The van der Waals surface area contributed by atoms with Crippen LogP contribution in [0.5, 0.6) is 0 Å². The van der Waals surface area contributed by atoms with E-state index in [1.165, 1.54) is 5.56 Å². The van der Waals surface area contributed by atoms with E-state index in [4.69, 9.17) is 5.10 Å². The highest BCUT2D eigenvalue weighted by atomic mass is 16.1. The second-order valence-electron chi connectivity index (χ2n) is 8.07. The Labute approximate surface area is 191 Å².